The van der Waals surface area contributed by atoms with Gasteiger partial charge in [0, 0.05) is 6.42 Å². The van der Waals surface area contributed by atoms with Crippen LogP contribution in [-0.2, 0) is 33.2 Å². The molecular weight excluding hydrogens is 1440 g/mol. The van der Waals surface area contributed by atoms with Crippen molar-refractivity contribution in [2.45, 2.75) is 446 Å². The third-order valence-corrected chi connectivity index (χ3v) is 22.0. The van der Waals surface area contributed by atoms with E-state index in [0.717, 1.165) is 89.9 Å². The molecular formula is C95H165NO18. The summed E-state index contributed by atoms with van der Waals surface area (Å²) in [4.78, 5) is 13.5. The smallest absolute Gasteiger partial charge is 0.220 e. The second-order valence-corrected chi connectivity index (χ2v) is 32.0. The van der Waals surface area contributed by atoms with Gasteiger partial charge in [-0.15, -0.1) is 0 Å². The molecule has 0 spiro atoms. The number of allylic oxidation sites excluding steroid dienone is 19. The average molecular weight is 1610 g/mol. The molecule has 3 aliphatic rings. The maximum atomic E-state index is 13.5. The maximum Gasteiger partial charge on any atom is 0.220 e. The zero-order valence-corrected chi connectivity index (χ0v) is 71.0. The molecule has 0 aromatic heterocycles. The Labute approximate surface area is 690 Å². The fraction of sp³-hybridized carbons (Fsp3) is 0.779. The summed E-state index contributed by atoms with van der Waals surface area (Å²) in [7, 11) is 0. The van der Waals surface area contributed by atoms with Gasteiger partial charge >= 0.3 is 0 Å². The lowest BCUT2D eigenvalue weighted by molar-refractivity contribution is -0.379. The summed E-state index contributed by atoms with van der Waals surface area (Å²) in [5.74, 6) is -0.289. The molecule has 0 aromatic rings. The Bertz CT molecular complexity index is 2530. The number of carbonyl (C=O) groups excluding carboxylic acids is 1. The standard InChI is InChI=1S/C95H165NO18/c1-3-5-7-9-11-13-15-17-19-21-23-25-27-29-31-33-35-36-37-38-39-40-41-42-43-45-47-49-51-53-55-57-59-61-63-65-67-69-71-73-83(101)96-78(79(100)72-70-68-66-64-62-60-58-56-54-52-50-48-46-44-34-32-30-28-26-24-22-20-18-16-14-12-10-8-6-4-2)77-109-93-89(107)86(104)91(81(75-98)111-93)114-95-90(108)87(105)92(82(76-99)112-95)113-94-88(106)85(103)84(102)80(74-97)110-94/h5,7,11,13,17,19,23,25,29,31,35-36,38-39,54,56,62,64,70,72,78-82,84-95,97-100,102-108H,3-4,6,8-10,12,14-16,18,20-22,24,26-28,30,32-34,37,40-53,55,57-61,63,65-69,71,73-77H2,1-2H3,(H,96,101)/b7-5-,13-11-,19-17-,25-23-,31-29-,36-35-,39-38-,56-54+,64-62+,72-70+. The van der Waals surface area contributed by atoms with Crippen LogP contribution in [-0.4, -0.2) is 193 Å². The first-order chi connectivity index (χ1) is 55.8. The molecule has 1 amide bonds. The highest BCUT2D eigenvalue weighted by Gasteiger charge is 2.54. The van der Waals surface area contributed by atoms with E-state index in [2.05, 4.69) is 129 Å². The SMILES string of the molecule is CC/C=C\C/C=C\C/C=C\C/C=C\C/C=C\C/C=C\C/C=C\CCCCCCCCCCCCCCCCCCCC(=O)NC(COC1OC(CO)C(OC2OC(CO)C(OC3OC(CO)C(O)C(O)C3O)C(O)C2O)C(O)C1O)C(O)/C=C/CC/C=C/CC/C=C/CCCCCCCCCCCCCCCCCCCCCC. The van der Waals surface area contributed by atoms with Crippen LogP contribution < -0.4 is 5.32 Å². The number of aliphatic hydroxyl groups is 11. The van der Waals surface area contributed by atoms with Gasteiger partial charge in [-0.3, -0.25) is 4.79 Å². The molecule has 0 aromatic carbocycles. The molecule has 3 heterocycles. The quantitative estimate of drug-likeness (QED) is 0.0199. The van der Waals surface area contributed by atoms with Crippen molar-refractivity contribution in [2.75, 3.05) is 26.4 Å². The van der Waals surface area contributed by atoms with E-state index in [1.165, 1.54) is 218 Å². The van der Waals surface area contributed by atoms with Gasteiger partial charge in [0.1, 0.15) is 73.2 Å². The lowest BCUT2D eigenvalue weighted by atomic mass is 9.96. The van der Waals surface area contributed by atoms with Crippen molar-refractivity contribution in [3.8, 4) is 0 Å². The van der Waals surface area contributed by atoms with E-state index < -0.39 is 124 Å². The number of amides is 1. The molecule has 3 aliphatic heterocycles. The Hall–Kier alpha value is -3.81. The third kappa shape index (κ3) is 51.0. The first kappa shape index (κ1) is 104. The second-order valence-electron chi connectivity index (χ2n) is 32.0. The molecule has 0 aliphatic carbocycles. The van der Waals surface area contributed by atoms with Gasteiger partial charge in [0.25, 0.3) is 0 Å². The molecule has 0 radical (unpaired) electrons. The predicted octanol–water partition coefficient (Wildman–Crippen LogP) is 17.8. The van der Waals surface area contributed by atoms with Gasteiger partial charge in [0.15, 0.2) is 18.9 Å². The normalized spacial score (nSPS) is 25.3. The number of hydrogen-bond donors (Lipinski definition) is 12. The van der Waals surface area contributed by atoms with Crippen LogP contribution in [0, 0.1) is 0 Å². The van der Waals surface area contributed by atoms with E-state index in [9.17, 15) is 61.0 Å². The van der Waals surface area contributed by atoms with E-state index in [-0.39, 0.29) is 18.9 Å². The largest absolute Gasteiger partial charge is 0.394 e. The first-order valence-electron chi connectivity index (χ1n) is 45.8. The number of hydrogen-bond acceptors (Lipinski definition) is 18. The van der Waals surface area contributed by atoms with Gasteiger partial charge in [-0.2, -0.15) is 0 Å². The molecule has 17 unspecified atom stereocenters. The molecule has 3 fully saturated rings. The van der Waals surface area contributed by atoms with Crippen LogP contribution in [0.3, 0.4) is 0 Å². The highest BCUT2D eigenvalue weighted by molar-refractivity contribution is 5.76. The summed E-state index contributed by atoms with van der Waals surface area (Å²) in [6.45, 7) is 1.63. The Morgan fingerprint density at radius 2 is 0.614 bits per heavy atom. The van der Waals surface area contributed by atoms with Crippen LogP contribution in [0.25, 0.3) is 0 Å². The molecule has 17 atom stereocenters. The summed E-state index contributed by atoms with van der Waals surface area (Å²) in [5, 5.41) is 121. The monoisotopic (exact) mass is 1610 g/mol. The number of rotatable bonds is 73. The second kappa shape index (κ2) is 73.1. The Kier molecular flexibility index (Phi) is 67.0. The summed E-state index contributed by atoms with van der Waals surface area (Å²) in [6.07, 6.45) is 77.8. The minimum Gasteiger partial charge on any atom is -0.394 e. The highest BCUT2D eigenvalue weighted by Crippen LogP contribution is 2.33. The van der Waals surface area contributed by atoms with Crippen LogP contribution in [0.5, 0.6) is 0 Å². The molecule has 12 N–H and O–H groups in total. The minimum absolute atomic E-state index is 0.228. The van der Waals surface area contributed by atoms with Crippen LogP contribution in [0.2, 0.25) is 0 Å². The molecule has 3 rings (SSSR count). The van der Waals surface area contributed by atoms with E-state index >= 15 is 0 Å². The van der Waals surface area contributed by atoms with Crippen molar-refractivity contribution < 1.29 is 89.4 Å². The van der Waals surface area contributed by atoms with Gasteiger partial charge < -0.3 is 89.9 Å². The van der Waals surface area contributed by atoms with E-state index in [0.29, 0.717) is 12.8 Å². The fourth-order valence-corrected chi connectivity index (χ4v) is 14.7. The number of ether oxygens (including phenoxy) is 6. The number of carbonyl (C=O) groups is 1. The van der Waals surface area contributed by atoms with Crippen molar-refractivity contribution >= 4 is 5.91 Å². The van der Waals surface area contributed by atoms with Crippen molar-refractivity contribution in [1.29, 1.82) is 0 Å². The van der Waals surface area contributed by atoms with Crippen LogP contribution in [0.4, 0.5) is 0 Å². The molecule has 19 heteroatoms. The van der Waals surface area contributed by atoms with Gasteiger partial charge in [-0.25, -0.2) is 0 Å². The van der Waals surface area contributed by atoms with Gasteiger partial charge in [-0.05, 0) is 103 Å². The number of nitrogens with one attached hydrogen (secondary N) is 1. The molecule has 658 valence electrons. The molecule has 0 bridgehead atoms. The van der Waals surface area contributed by atoms with Crippen LogP contribution in [0.1, 0.15) is 341 Å². The lowest BCUT2D eigenvalue weighted by Crippen LogP contribution is -2.66. The topological polar surface area (TPSA) is 307 Å². The van der Waals surface area contributed by atoms with Crippen LogP contribution >= 0.6 is 0 Å². The molecule has 114 heavy (non-hydrogen) atoms. The molecule has 3 saturated heterocycles. The van der Waals surface area contributed by atoms with Crippen molar-refractivity contribution in [3.05, 3.63) is 122 Å². The van der Waals surface area contributed by atoms with Crippen molar-refractivity contribution in [1.82, 2.24) is 5.32 Å². The predicted molar refractivity (Wildman–Crippen MR) is 461 cm³/mol. The maximum absolute atomic E-state index is 13.5. The average Bonchev–Trinajstić information content (AvgIpc) is 0.783. The zero-order valence-electron chi connectivity index (χ0n) is 71.0. The van der Waals surface area contributed by atoms with Crippen molar-refractivity contribution in [2.24, 2.45) is 0 Å². The van der Waals surface area contributed by atoms with Crippen LogP contribution in [0.15, 0.2) is 122 Å². The summed E-state index contributed by atoms with van der Waals surface area (Å²) >= 11 is 0. The third-order valence-electron chi connectivity index (χ3n) is 22.0. The van der Waals surface area contributed by atoms with Gasteiger partial charge in [0.05, 0.1) is 38.6 Å². The fourth-order valence-electron chi connectivity index (χ4n) is 14.7. The number of aliphatic hydroxyl groups excluding tert-OH is 11. The van der Waals surface area contributed by atoms with E-state index in [4.69, 9.17) is 28.4 Å². The Morgan fingerprint density at radius 1 is 0.325 bits per heavy atom. The first-order valence-corrected chi connectivity index (χ1v) is 45.8. The Balaban J connectivity index is 1.33. The molecule has 0 saturated carbocycles. The van der Waals surface area contributed by atoms with E-state index in [1.54, 1.807) is 6.08 Å². The lowest BCUT2D eigenvalue weighted by Gasteiger charge is -2.48. The number of unbranched alkanes of at least 4 members (excludes halogenated alkanes) is 39. The van der Waals surface area contributed by atoms with E-state index in [1.807, 2.05) is 6.08 Å². The zero-order chi connectivity index (χ0) is 82.4. The molecule has 19 nitrogen and oxygen atoms in total. The summed E-state index contributed by atoms with van der Waals surface area (Å²) in [5.41, 5.74) is 0. The van der Waals surface area contributed by atoms with Crippen molar-refractivity contribution in [3.63, 3.8) is 0 Å². The minimum atomic E-state index is -1.99. The van der Waals surface area contributed by atoms with Gasteiger partial charge in [0.2, 0.25) is 5.91 Å². The Morgan fingerprint density at radius 3 is 0.982 bits per heavy atom. The van der Waals surface area contributed by atoms with Gasteiger partial charge in [-0.1, -0.05) is 354 Å². The summed E-state index contributed by atoms with van der Waals surface area (Å²) < 4.78 is 34.5. The highest BCUT2D eigenvalue weighted by atomic mass is 16.8. The summed E-state index contributed by atoms with van der Waals surface area (Å²) in [6, 6.07) is -1.00.